The van der Waals surface area contributed by atoms with Crippen LogP contribution in [0.2, 0.25) is 0 Å². The van der Waals surface area contributed by atoms with Crippen LogP contribution in [-0.4, -0.2) is 77.5 Å². The Morgan fingerprint density at radius 1 is 1.19 bits per heavy atom. The Labute approximate surface area is 150 Å². The number of ether oxygens (including phenoxy) is 2. The fraction of sp³-hybridized carbons (Fsp3) is 0.529. The van der Waals surface area contributed by atoms with Crippen LogP contribution in [0.15, 0.2) is 29.2 Å². The van der Waals surface area contributed by atoms with Gasteiger partial charge in [-0.05, 0) is 13.0 Å². The minimum absolute atomic E-state index is 0.0989. The summed E-state index contributed by atoms with van der Waals surface area (Å²) in [5.74, 6) is 0.539. The largest absolute Gasteiger partial charge is 0.376 e. The number of carbonyl (C=O) groups excluding carboxylic acids is 1. The van der Waals surface area contributed by atoms with Gasteiger partial charge in [0.05, 0.1) is 38.6 Å². The number of aromatic nitrogens is 3. The summed E-state index contributed by atoms with van der Waals surface area (Å²) in [6, 6.07) is 1.78. The molecule has 0 N–H and O–H groups in total. The van der Waals surface area contributed by atoms with Crippen molar-refractivity contribution < 1.29 is 18.8 Å². The van der Waals surface area contributed by atoms with E-state index in [1.54, 1.807) is 30.3 Å². The molecule has 0 radical (unpaired) electrons. The van der Waals surface area contributed by atoms with Crippen LogP contribution in [0.1, 0.15) is 16.1 Å². The third kappa shape index (κ3) is 3.27. The Morgan fingerprint density at radius 3 is 2.81 bits per heavy atom. The van der Waals surface area contributed by atoms with E-state index in [9.17, 15) is 4.79 Å². The van der Waals surface area contributed by atoms with Gasteiger partial charge in [-0.3, -0.25) is 4.79 Å². The molecule has 0 saturated carbocycles. The number of rotatable bonds is 2. The number of morpholine rings is 1. The second kappa shape index (κ2) is 7.00. The molecule has 2 saturated heterocycles. The van der Waals surface area contributed by atoms with E-state index >= 15 is 0 Å². The van der Waals surface area contributed by atoms with Crippen LogP contribution < -0.4 is 4.90 Å². The van der Waals surface area contributed by atoms with Crippen LogP contribution in [0, 0.1) is 6.92 Å². The van der Waals surface area contributed by atoms with Gasteiger partial charge >= 0.3 is 0 Å². The molecule has 1 amide bonds. The van der Waals surface area contributed by atoms with Crippen molar-refractivity contribution >= 4 is 11.9 Å². The molecule has 0 aliphatic carbocycles. The van der Waals surface area contributed by atoms with Crippen molar-refractivity contribution in [3.8, 4) is 0 Å². The predicted octanol–water partition coefficient (Wildman–Crippen LogP) is 0.521. The second-order valence-corrected chi connectivity index (χ2v) is 6.59. The molecule has 2 aliphatic rings. The van der Waals surface area contributed by atoms with Gasteiger partial charge in [-0.1, -0.05) is 5.16 Å². The molecule has 4 rings (SSSR count). The molecule has 2 fully saturated rings. The van der Waals surface area contributed by atoms with E-state index in [0.717, 1.165) is 0 Å². The van der Waals surface area contributed by atoms with Crippen molar-refractivity contribution in [1.82, 2.24) is 20.0 Å². The summed E-state index contributed by atoms with van der Waals surface area (Å²) in [7, 11) is 0. The van der Waals surface area contributed by atoms with E-state index in [1.165, 1.54) is 6.26 Å². The first-order valence-electron chi connectivity index (χ1n) is 8.61. The zero-order valence-corrected chi connectivity index (χ0v) is 14.6. The van der Waals surface area contributed by atoms with Gasteiger partial charge in [-0.15, -0.1) is 0 Å². The normalized spacial score (nSPS) is 23.9. The molecule has 0 unspecified atom stereocenters. The molecule has 9 heteroatoms. The summed E-state index contributed by atoms with van der Waals surface area (Å²) in [4.78, 5) is 25.3. The molecular weight excluding hydrogens is 338 g/mol. The standard InChI is InChI=1S/C17H21N5O4/c1-13-14(9-26-20-13)15(23)21-6-8-25-17(10-21)11-22(5-7-24-12-17)16-18-3-2-4-19-16/h2-4,9H,5-8,10-12H2,1H3/t17-/m1/s1. The van der Waals surface area contributed by atoms with Gasteiger partial charge < -0.3 is 23.8 Å². The zero-order chi connectivity index (χ0) is 18.0. The minimum atomic E-state index is -0.616. The molecule has 9 nitrogen and oxygen atoms in total. The van der Waals surface area contributed by atoms with Crippen molar-refractivity contribution in [3.05, 3.63) is 36.0 Å². The molecule has 0 bridgehead atoms. The third-order valence-electron chi connectivity index (χ3n) is 4.70. The maximum atomic E-state index is 12.8. The van der Waals surface area contributed by atoms with Gasteiger partial charge in [0, 0.05) is 25.5 Å². The number of hydrogen-bond donors (Lipinski definition) is 0. The van der Waals surface area contributed by atoms with Crippen LogP contribution >= 0.6 is 0 Å². The van der Waals surface area contributed by atoms with Gasteiger partial charge in [0.25, 0.3) is 5.91 Å². The molecular formula is C17H21N5O4. The number of anilines is 1. The van der Waals surface area contributed by atoms with Gasteiger partial charge in [-0.25, -0.2) is 9.97 Å². The van der Waals surface area contributed by atoms with Crippen molar-refractivity contribution in [2.24, 2.45) is 0 Å². The quantitative estimate of drug-likeness (QED) is 0.766. The molecule has 138 valence electrons. The SMILES string of the molecule is Cc1nocc1C(=O)N1CCO[C@]2(COCCN(c3ncccn3)C2)C1. The van der Waals surface area contributed by atoms with Crippen molar-refractivity contribution in [1.29, 1.82) is 0 Å². The van der Waals surface area contributed by atoms with Crippen LogP contribution in [0.5, 0.6) is 0 Å². The van der Waals surface area contributed by atoms with Gasteiger partial charge in [0.1, 0.15) is 17.4 Å². The van der Waals surface area contributed by atoms with E-state index in [2.05, 4.69) is 15.1 Å². The zero-order valence-electron chi connectivity index (χ0n) is 14.6. The van der Waals surface area contributed by atoms with E-state index in [0.29, 0.717) is 63.2 Å². The van der Waals surface area contributed by atoms with Crippen LogP contribution in [0.25, 0.3) is 0 Å². The lowest BCUT2D eigenvalue weighted by molar-refractivity contribution is -0.124. The first-order valence-corrected chi connectivity index (χ1v) is 8.61. The molecule has 4 heterocycles. The summed E-state index contributed by atoms with van der Waals surface area (Å²) in [6.45, 7) is 5.37. The number of aryl methyl sites for hydroxylation is 1. The Morgan fingerprint density at radius 2 is 2.04 bits per heavy atom. The fourth-order valence-corrected chi connectivity index (χ4v) is 3.40. The van der Waals surface area contributed by atoms with Crippen LogP contribution in [0.3, 0.4) is 0 Å². The Balaban J connectivity index is 1.54. The number of hydrogen-bond acceptors (Lipinski definition) is 8. The van der Waals surface area contributed by atoms with Crippen molar-refractivity contribution in [2.75, 3.05) is 50.9 Å². The minimum Gasteiger partial charge on any atom is -0.376 e. The van der Waals surface area contributed by atoms with E-state index in [1.807, 2.05) is 4.90 Å². The third-order valence-corrected chi connectivity index (χ3v) is 4.70. The number of nitrogens with zero attached hydrogens (tertiary/aromatic N) is 5. The lowest BCUT2D eigenvalue weighted by Crippen LogP contribution is -2.60. The molecule has 1 atom stereocenters. The van der Waals surface area contributed by atoms with Crippen molar-refractivity contribution in [3.63, 3.8) is 0 Å². The average Bonchev–Trinajstić information content (AvgIpc) is 3.00. The summed E-state index contributed by atoms with van der Waals surface area (Å²) in [5, 5.41) is 3.80. The highest BCUT2D eigenvalue weighted by atomic mass is 16.5. The lowest BCUT2D eigenvalue weighted by atomic mass is 10.0. The maximum absolute atomic E-state index is 12.8. The molecule has 2 aromatic rings. The number of amides is 1. The maximum Gasteiger partial charge on any atom is 0.259 e. The number of carbonyl (C=O) groups is 1. The summed E-state index contributed by atoms with van der Waals surface area (Å²) in [5.41, 5.74) is 0.459. The first kappa shape index (κ1) is 16.9. The summed E-state index contributed by atoms with van der Waals surface area (Å²) >= 11 is 0. The predicted molar refractivity (Wildman–Crippen MR) is 90.9 cm³/mol. The molecule has 2 aliphatic heterocycles. The topological polar surface area (TPSA) is 93.8 Å². The highest BCUT2D eigenvalue weighted by Crippen LogP contribution is 2.25. The molecule has 26 heavy (non-hydrogen) atoms. The lowest BCUT2D eigenvalue weighted by Gasteiger charge is -2.43. The monoisotopic (exact) mass is 359 g/mol. The Hall–Kier alpha value is -2.52. The van der Waals surface area contributed by atoms with E-state index in [4.69, 9.17) is 14.0 Å². The van der Waals surface area contributed by atoms with Gasteiger partial charge in [0.15, 0.2) is 0 Å². The summed E-state index contributed by atoms with van der Waals surface area (Å²) < 4.78 is 16.8. The van der Waals surface area contributed by atoms with Crippen LogP contribution in [0.4, 0.5) is 5.95 Å². The van der Waals surface area contributed by atoms with E-state index < -0.39 is 5.60 Å². The van der Waals surface area contributed by atoms with Gasteiger partial charge in [0.2, 0.25) is 5.95 Å². The smallest absolute Gasteiger partial charge is 0.259 e. The highest BCUT2D eigenvalue weighted by molar-refractivity contribution is 5.95. The summed E-state index contributed by atoms with van der Waals surface area (Å²) in [6.07, 6.45) is 4.83. The van der Waals surface area contributed by atoms with Crippen LogP contribution in [-0.2, 0) is 9.47 Å². The van der Waals surface area contributed by atoms with Gasteiger partial charge in [-0.2, -0.15) is 0 Å². The second-order valence-electron chi connectivity index (χ2n) is 6.59. The average molecular weight is 359 g/mol. The van der Waals surface area contributed by atoms with E-state index in [-0.39, 0.29) is 5.91 Å². The Bertz CT molecular complexity index is 768. The highest BCUT2D eigenvalue weighted by Gasteiger charge is 2.42. The molecule has 1 spiro atoms. The molecule has 2 aromatic heterocycles. The fourth-order valence-electron chi connectivity index (χ4n) is 3.40. The van der Waals surface area contributed by atoms with Crippen molar-refractivity contribution in [2.45, 2.75) is 12.5 Å². The first-order chi connectivity index (χ1) is 12.7. The molecule has 0 aromatic carbocycles. The Kier molecular flexibility index (Phi) is 4.56.